The second-order valence-corrected chi connectivity index (χ2v) is 5.72. The summed E-state index contributed by atoms with van der Waals surface area (Å²) in [7, 11) is 0. The van der Waals surface area contributed by atoms with Crippen molar-refractivity contribution in [3.05, 3.63) is 59.7 Å². The SMILES string of the molecule is CC(C)COc1ccc(/C=N/Nc2ccc(C(F)(F)F)cc2)cc1. The molecule has 0 atom stereocenters. The Labute approximate surface area is 139 Å². The van der Waals surface area contributed by atoms with Gasteiger partial charge in [0.1, 0.15) is 5.75 Å². The highest BCUT2D eigenvalue weighted by Crippen LogP contribution is 2.29. The van der Waals surface area contributed by atoms with E-state index in [1.165, 1.54) is 12.1 Å². The van der Waals surface area contributed by atoms with Gasteiger partial charge in [-0.2, -0.15) is 18.3 Å². The van der Waals surface area contributed by atoms with E-state index in [2.05, 4.69) is 24.4 Å². The van der Waals surface area contributed by atoms with Gasteiger partial charge in [0.05, 0.1) is 24.1 Å². The lowest BCUT2D eigenvalue weighted by Crippen LogP contribution is -2.04. The van der Waals surface area contributed by atoms with Gasteiger partial charge >= 0.3 is 6.18 Å². The molecule has 3 nitrogen and oxygen atoms in total. The fraction of sp³-hybridized carbons (Fsp3) is 0.278. The van der Waals surface area contributed by atoms with Crippen molar-refractivity contribution in [2.75, 3.05) is 12.0 Å². The predicted molar refractivity (Wildman–Crippen MR) is 89.4 cm³/mol. The van der Waals surface area contributed by atoms with Crippen LogP contribution in [0.15, 0.2) is 53.6 Å². The Morgan fingerprint density at radius 3 is 2.21 bits per heavy atom. The Kier molecular flexibility index (Phi) is 5.84. The summed E-state index contributed by atoms with van der Waals surface area (Å²) in [6, 6.07) is 12.1. The number of hydrazone groups is 1. The maximum Gasteiger partial charge on any atom is 0.416 e. The van der Waals surface area contributed by atoms with Crippen LogP contribution in [0.25, 0.3) is 0 Å². The molecule has 2 rings (SSSR count). The van der Waals surface area contributed by atoms with Crippen molar-refractivity contribution in [1.82, 2.24) is 0 Å². The van der Waals surface area contributed by atoms with E-state index in [-0.39, 0.29) is 0 Å². The fourth-order valence-corrected chi connectivity index (χ4v) is 1.83. The minimum absolute atomic E-state index is 0.458. The van der Waals surface area contributed by atoms with Gasteiger partial charge in [-0.05, 0) is 60.0 Å². The van der Waals surface area contributed by atoms with Gasteiger partial charge in [0.15, 0.2) is 0 Å². The highest BCUT2D eigenvalue weighted by atomic mass is 19.4. The Hall–Kier alpha value is -2.50. The smallest absolute Gasteiger partial charge is 0.416 e. The van der Waals surface area contributed by atoms with E-state index in [0.717, 1.165) is 23.4 Å². The molecule has 128 valence electrons. The molecule has 6 heteroatoms. The molecule has 0 heterocycles. The minimum atomic E-state index is -4.33. The topological polar surface area (TPSA) is 33.6 Å². The van der Waals surface area contributed by atoms with Crippen LogP contribution in [0.3, 0.4) is 0 Å². The zero-order chi connectivity index (χ0) is 17.6. The maximum absolute atomic E-state index is 12.5. The molecular formula is C18H19F3N2O. The lowest BCUT2D eigenvalue weighted by molar-refractivity contribution is -0.137. The first-order chi connectivity index (χ1) is 11.3. The van der Waals surface area contributed by atoms with Crippen LogP contribution in [-0.2, 0) is 6.18 Å². The summed E-state index contributed by atoms with van der Waals surface area (Å²) in [6.07, 6.45) is -2.74. The van der Waals surface area contributed by atoms with Crippen LogP contribution in [0.5, 0.6) is 5.75 Å². The highest BCUT2D eigenvalue weighted by Gasteiger charge is 2.29. The Morgan fingerprint density at radius 2 is 1.67 bits per heavy atom. The standard InChI is InChI=1S/C18H19F3N2O/c1-13(2)12-24-17-9-3-14(4-10-17)11-22-23-16-7-5-15(6-8-16)18(19,20)21/h3-11,13,23H,12H2,1-2H3/b22-11+. The van der Waals surface area contributed by atoms with Crippen LogP contribution in [0.4, 0.5) is 18.9 Å². The second-order valence-electron chi connectivity index (χ2n) is 5.72. The molecular weight excluding hydrogens is 317 g/mol. The van der Waals surface area contributed by atoms with Crippen LogP contribution in [-0.4, -0.2) is 12.8 Å². The van der Waals surface area contributed by atoms with Crippen LogP contribution in [0.2, 0.25) is 0 Å². The van der Waals surface area contributed by atoms with E-state index >= 15 is 0 Å². The van der Waals surface area contributed by atoms with Crippen LogP contribution < -0.4 is 10.2 Å². The quantitative estimate of drug-likeness (QED) is 0.582. The van der Waals surface area contributed by atoms with Gasteiger partial charge in [0.2, 0.25) is 0 Å². The summed E-state index contributed by atoms with van der Waals surface area (Å²) in [6.45, 7) is 4.81. The number of halogens is 3. The third-order valence-corrected chi connectivity index (χ3v) is 3.08. The summed E-state index contributed by atoms with van der Waals surface area (Å²) in [5.74, 6) is 1.25. The molecule has 0 aliphatic rings. The average molecular weight is 336 g/mol. The monoisotopic (exact) mass is 336 g/mol. The maximum atomic E-state index is 12.5. The summed E-state index contributed by atoms with van der Waals surface area (Å²) >= 11 is 0. The van der Waals surface area contributed by atoms with E-state index in [4.69, 9.17) is 4.74 Å². The molecule has 0 bridgehead atoms. The first-order valence-corrected chi connectivity index (χ1v) is 7.54. The van der Waals surface area contributed by atoms with Gasteiger partial charge in [-0.15, -0.1) is 0 Å². The lowest BCUT2D eigenvalue weighted by Gasteiger charge is -2.08. The molecule has 0 radical (unpaired) electrons. The Bertz CT molecular complexity index is 662. The Morgan fingerprint density at radius 1 is 1.04 bits per heavy atom. The van der Waals surface area contributed by atoms with Crippen molar-refractivity contribution < 1.29 is 17.9 Å². The number of rotatable bonds is 6. The van der Waals surface area contributed by atoms with Crippen molar-refractivity contribution in [3.8, 4) is 5.75 Å². The zero-order valence-corrected chi connectivity index (χ0v) is 13.5. The molecule has 0 saturated heterocycles. The molecule has 0 aliphatic heterocycles. The van der Waals surface area contributed by atoms with Crippen molar-refractivity contribution in [1.29, 1.82) is 0 Å². The van der Waals surface area contributed by atoms with Crippen molar-refractivity contribution in [2.24, 2.45) is 11.0 Å². The molecule has 1 N–H and O–H groups in total. The number of anilines is 1. The highest BCUT2D eigenvalue weighted by molar-refractivity contribution is 5.80. The summed E-state index contributed by atoms with van der Waals surface area (Å²) in [5, 5.41) is 4.01. The number of ether oxygens (including phenoxy) is 1. The molecule has 0 amide bonds. The number of hydrogen-bond donors (Lipinski definition) is 1. The van der Waals surface area contributed by atoms with Crippen molar-refractivity contribution >= 4 is 11.9 Å². The molecule has 2 aromatic rings. The molecule has 0 aromatic heterocycles. The van der Waals surface area contributed by atoms with Crippen molar-refractivity contribution in [2.45, 2.75) is 20.0 Å². The number of benzene rings is 2. The van der Waals surface area contributed by atoms with E-state index < -0.39 is 11.7 Å². The van der Waals surface area contributed by atoms with E-state index in [1.807, 2.05) is 24.3 Å². The number of alkyl halides is 3. The Balaban J connectivity index is 1.89. The summed E-state index contributed by atoms with van der Waals surface area (Å²) in [5.41, 5.74) is 3.35. The minimum Gasteiger partial charge on any atom is -0.493 e. The number of nitrogens with one attached hydrogen (secondary N) is 1. The van der Waals surface area contributed by atoms with E-state index in [9.17, 15) is 13.2 Å². The first kappa shape index (κ1) is 17.8. The van der Waals surface area contributed by atoms with Crippen LogP contribution in [0.1, 0.15) is 25.0 Å². The molecule has 0 fully saturated rings. The fourth-order valence-electron chi connectivity index (χ4n) is 1.83. The van der Waals surface area contributed by atoms with Gasteiger partial charge < -0.3 is 4.74 Å². The molecule has 2 aromatic carbocycles. The van der Waals surface area contributed by atoms with Crippen LogP contribution >= 0.6 is 0 Å². The third kappa shape index (κ3) is 5.61. The lowest BCUT2D eigenvalue weighted by atomic mass is 10.2. The zero-order valence-electron chi connectivity index (χ0n) is 13.5. The van der Waals surface area contributed by atoms with Gasteiger partial charge in [0, 0.05) is 0 Å². The molecule has 0 aliphatic carbocycles. The third-order valence-electron chi connectivity index (χ3n) is 3.08. The molecule has 24 heavy (non-hydrogen) atoms. The number of hydrogen-bond acceptors (Lipinski definition) is 3. The predicted octanol–water partition coefficient (Wildman–Crippen LogP) is 5.19. The number of nitrogens with zero attached hydrogens (tertiary/aromatic N) is 1. The second kappa shape index (κ2) is 7.86. The van der Waals surface area contributed by atoms with Crippen LogP contribution in [0, 0.1) is 5.92 Å². The normalized spacial score (nSPS) is 11.9. The molecule has 0 unspecified atom stereocenters. The van der Waals surface area contributed by atoms with Gasteiger partial charge in [0.25, 0.3) is 0 Å². The molecule has 0 spiro atoms. The van der Waals surface area contributed by atoms with E-state index in [1.54, 1.807) is 6.21 Å². The first-order valence-electron chi connectivity index (χ1n) is 7.54. The summed E-state index contributed by atoms with van der Waals surface area (Å²) < 4.78 is 43.0. The van der Waals surface area contributed by atoms with Gasteiger partial charge in [-0.25, -0.2) is 0 Å². The van der Waals surface area contributed by atoms with Crippen molar-refractivity contribution in [3.63, 3.8) is 0 Å². The largest absolute Gasteiger partial charge is 0.493 e. The molecule has 0 saturated carbocycles. The van der Waals surface area contributed by atoms with Gasteiger partial charge in [-0.1, -0.05) is 13.8 Å². The van der Waals surface area contributed by atoms with Gasteiger partial charge in [-0.3, -0.25) is 5.43 Å². The van der Waals surface area contributed by atoms with E-state index in [0.29, 0.717) is 18.2 Å². The summed E-state index contributed by atoms with van der Waals surface area (Å²) in [4.78, 5) is 0. The average Bonchev–Trinajstić information content (AvgIpc) is 2.54.